The molecule has 0 radical (unpaired) electrons. The summed E-state index contributed by atoms with van der Waals surface area (Å²) in [6.45, 7) is 1.90. The van der Waals surface area contributed by atoms with Crippen LogP contribution in [0.3, 0.4) is 0 Å². The number of urea groups is 2. The highest BCUT2D eigenvalue weighted by molar-refractivity contribution is 6.00. The van der Waals surface area contributed by atoms with Crippen LogP contribution in [0, 0.1) is 6.92 Å². The SMILES string of the molecule is Cc1cccc(NC(=O)NC(N)=O)c1. The number of primary amides is 1. The Morgan fingerprint density at radius 2 is 2.07 bits per heavy atom. The molecule has 0 aromatic heterocycles. The summed E-state index contributed by atoms with van der Waals surface area (Å²) in [5, 5.41) is 4.36. The average Bonchev–Trinajstić information content (AvgIpc) is 2.01. The first kappa shape index (κ1) is 10.0. The van der Waals surface area contributed by atoms with E-state index in [-0.39, 0.29) is 0 Å². The lowest BCUT2D eigenvalue weighted by molar-refractivity contribution is 0.238. The molecular weight excluding hydrogens is 182 g/mol. The Morgan fingerprint density at radius 1 is 1.36 bits per heavy atom. The van der Waals surface area contributed by atoms with Gasteiger partial charge in [-0.25, -0.2) is 9.59 Å². The van der Waals surface area contributed by atoms with Crippen molar-refractivity contribution in [2.75, 3.05) is 5.32 Å². The van der Waals surface area contributed by atoms with Crippen LogP contribution in [-0.4, -0.2) is 12.1 Å². The molecule has 0 atom stereocenters. The number of hydrogen-bond acceptors (Lipinski definition) is 2. The number of anilines is 1. The monoisotopic (exact) mass is 193 g/mol. The number of imide groups is 1. The lowest BCUT2D eigenvalue weighted by Crippen LogP contribution is -2.38. The van der Waals surface area contributed by atoms with Crippen molar-refractivity contribution in [2.24, 2.45) is 5.73 Å². The van der Waals surface area contributed by atoms with Gasteiger partial charge in [-0.2, -0.15) is 0 Å². The van der Waals surface area contributed by atoms with Crippen molar-refractivity contribution in [3.05, 3.63) is 29.8 Å². The molecule has 0 aliphatic carbocycles. The number of carbonyl (C=O) groups is 2. The molecule has 0 saturated heterocycles. The number of carbonyl (C=O) groups excluding carboxylic acids is 2. The van der Waals surface area contributed by atoms with Crippen LogP contribution >= 0.6 is 0 Å². The summed E-state index contributed by atoms with van der Waals surface area (Å²) >= 11 is 0. The largest absolute Gasteiger partial charge is 0.351 e. The molecule has 0 aliphatic rings. The summed E-state index contributed by atoms with van der Waals surface area (Å²) in [5.74, 6) is 0. The molecule has 5 nitrogen and oxygen atoms in total. The van der Waals surface area contributed by atoms with Crippen LogP contribution in [-0.2, 0) is 0 Å². The van der Waals surface area contributed by atoms with E-state index in [0.29, 0.717) is 5.69 Å². The number of nitrogens with two attached hydrogens (primary N) is 1. The standard InChI is InChI=1S/C9H11N3O2/c1-6-3-2-4-7(5-6)11-9(14)12-8(10)13/h2-5H,1H3,(H4,10,11,12,13,14). The van der Waals surface area contributed by atoms with E-state index in [0.717, 1.165) is 5.56 Å². The second-order valence-corrected chi connectivity index (χ2v) is 2.81. The third-order valence-corrected chi connectivity index (χ3v) is 1.51. The molecule has 0 fully saturated rings. The Morgan fingerprint density at radius 3 is 2.64 bits per heavy atom. The van der Waals surface area contributed by atoms with Gasteiger partial charge in [0.05, 0.1) is 0 Å². The highest BCUT2D eigenvalue weighted by atomic mass is 16.2. The van der Waals surface area contributed by atoms with Crippen molar-refractivity contribution in [1.29, 1.82) is 0 Å². The van der Waals surface area contributed by atoms with E-state index in [2.05, 4.69) is 5.32 Å². The highest BCUT2D eigenvalue weighted by Crippen LogP contribution is 2.08. The smallest absolute Gasteiger partial charge is 0.327 e. The molecule has 0 bridgehead atoms. The molecule has 4 N–H and O–H groups in total. The van der Waals surface area contributed by atoms with E-state index in [4.69, 9.17) is 5.73 Å². The minimum Gasteiger partial charge on any atom is -0.351 e. The van der Waals surface area contributed by atoms with Crippen LogP contribution in [0.1, 0.15) is 5.56 Å². The first-order chi connectivity index (χ1) is 6.58. The Hall–Kier alpha value is -2.04. The van der Waals surface area contributed by atoms with Gasteiger partial charge in [0.2, 0.25) is 0 Å². The van der Waals surface area contributed by atoms with E-state index in [1.807, 2.05) is 18.3 Å². The first-order valence-electron chi connectivity index (χ1n) is 4.02. The van der Waals surface area contributed by atoms with Gasteiger partial charge in [-0.15, -0.1) is 0 Å². The number of nitrogens with one attached hydrogen (secondary N) is 2. The van der Waals surface area contributed by atoms with Gasteiger partial charge in [-0.3, -0.25) is 5.32 Å². The number of hydrogen-bond donors (Lipinski definition) is 3. The first-order valence-corrected chi connectivity index (χ1v) is 4.02. The maximum absolute atomic E-state index is 11.0. The van der Waals surface area contributed by atoms with Crippen molar-refractivity contribution in [3.63, 3.8) is 0 Å². The molecule has 0 spiro atoms. The average molecular weight is 193 g/mol. The van der Waals surface area contributed by atoms with Gasteiger partial charge in [0.15, 0.2) is 0 Å². The topological polar surface area (TPSA) is 84.2 Å². The van der Waals surface area contributed by atoms with Gasteiger partial charge in [0, 0.05) is 5.69 Å². The molecule has 1 aromatic rings. The summed E-state index contributed by atoms with van der Waals surface area (Å²) in [5.41, 5.74) is 6.40. The van der Waals surface area contributed by atoms with Crippen LogP contribution in [0.15, 0.2) is 24.3 Å². The Kier molecular flexibility index (Phi) is 3.06. The molecule has 0 saturated carbocycles. The lowest BCUT2D eigenvalue weighted by Gasteiger charge is -2.04. The fourth-order valence-corrected chi connectivity index (χ4v) is 0.997. The normalized spacial score (nSPS) is 9.21. The molecule has 5 heteroatoms. The lowest BCUT2D eigenvalue weighted by atomic mass is 10.2. The van der Waals surface area contributed by atoms with Gasteiger partial charge in [-0.1, -0.05) is 12.1 Å². The molecule has 0 unspecified atom stereocenters. The fourth-order valence-electron chi connectivity index (χ4n) is 0.997. The Labute approximate surface area is 81.3 Å². The molecule has 1 rings (SSSR count). The number of amides is 4. The predicted molar refractivity (Wildman–Crippen MR) is 52.9 cm³/mol. The summed E-state index contributed by atoms with van der Waals surface area (Å²) in [7, 11) is 0. The number of benzene rings is 1. The van der Waals surface area contributed by atoms with E-state index in [9.17, 15) is 9.59 Å². The summed E-state index contributed by atoms with van der Waals surface area (Å²) in [6.07, 6.45) is 0. The number of aryl methyl sites for hydroxylation is 1. The van der Waals surface area contributed by atoms with Crippen molar-refractivity contribution in [3.8, 4) is 0 Å². The van der Waals surface area contributed by atoms with Crippen LogP contribution in [0.4, 0.5) is 15.3 Å². The second kappa shape index (κ2) is 4.27. The molecule has 14 heavy (non-hydrogen) atoms. The van der Waals surface area contributed by atoms with E-state index < -0.39 is 12.1 Å². The van der Waals surface area contributed by atoms with Gasteiger partial charge in [-0.05, 0) is 24.6 Å². The molecular formula is C9H11N3O2. The van der Waals surface area contributed by atoms with Gasteiger partial charge >= 0.3 is 12.1 Å². The maximum Gasteiger partial charge on any atom is 0.327 e. The van der Waals surface area contributed by atoms with Crippen molar-refractivity contribution < 1.29 is 9.59 Å². The zero-order valence-electron chi connectivity index (χ0n) is 7.70. The van der Waals surface area contributed by atoms with E-state index in [1.165, 1.54) is 0 Å². The van der Waals surface area contributed by atoms with Gasteiger partial charge < -0.3 is 11.1 Å². The number of rotatable bonds is 1. The Balaban J connectivity index is 2.60. The van der Waals surface area contributed by atoms with Crippen LogP contribution < -0.4 is 16.4 Å². The van der Waals surface area contributed by atoms with Gasteiger partial charge in [0.25, 0.3) is 0 Å². The molecule has 74 valence electrons. The van der Waals surface area contributed by atoms with E-state index >= 15 is 0 Å². The Bertz CT molecular complexity index is 363. The van der Waals surface area contributed by atoms with Crippen LogP contribution in [0.25, 0.3) is 0 Å². The third-order valence-electron chi connectivity index (χ3n) is 1.51. The van der Waals surface area contributed by atoms with E-state index in [1.54, 1.807) is 18.2 Å². The summed E-state index contributed by atoms with van der Waals surface area (Å²) < 4.78 is 0. The minimum atomic E-state index is -0.879. The summed E-state index contributed by atoms with van der Waals surface area (Å²) in [6, 6.07) is 5.68. The van der Waals surface area contributed by atoms with Crippen LogP contribution in [0.5, 0.6) is 0 Å². The maximum atomic E-state index is 11.0. The zero-order valence-corrected chi connectivity index (χ0v) is 7.70. The molecule has 0 heterocycles. The molecule has 4 amide bonds. The minimum absolute atomic E-state index is 0.615. The van der Waals surface area contributed by atoms with Crippen molar-refractivity contribution >= 4 is 17.7 Å². The van der Waals surface area contributed by atoms with Crippen molar-refractivity contribution in [2.45, 2.75) is 6.92 Å². The highest BCUT2D eigenvalue weighted by Gasteiger charge is 2.03. The van der Waals surface area contributed by atoms with Crippen LogP contribution in [0.2, 0.25) is 0 Å². The molecule has 0 aliphatic heterocycles. The van der Waals surface area contributed by atoms with Crippen molar-refractivity contribution in [1.82, 2.24) is 5.32 Å². The third kappa shape index (κ3) is 3.14. The van der Waals surface area contributed by atoms with Gasteiger partial charge in [0.1, 0.15) is 0 Å². The quantitative estimate of drug-likeness (QED) is 0.626. The predicted octanol–water partition coefficient (Wildman–Crippen LogP) is 1.20. The summed E-state index contributed by atoms with van der Waals surface area (Å²) in [4.78, 5) is 21.3. The molecule has 1 aromatic carbocycles. The fraction of sp³-hybridized carbons (Fsp3) is 0.111. The zero-order chi connectivity index (χ0) is 10.6. The second-order valence-electron chi connectivity index (χ2n) is 2.81.